The van der Waals surface area contributed by atoms with E-state index in [-0.39, 0.29) is 17.5 Å². The van der Waals surface area contributed by atoms with Gasteiger partial charge < -0.3 is 20.1 Å². The summed E-state index contributed by atoms with van der Waals surface area (Å²) in [6.45, 7) is 3.67. The van der Waals surface area contributed by atoms with E-state index in [0.717, 1.165) is 6.07 Å². The molecule has 2 aromatic carbocycles. The maximum Gasteiger partial charge on any atom is 0.337 e. The van der Waals surface area contributed by atoms with Crippen LogP contribution in [0.3, 0.4) is 0 Å². The van der Waals surface area contributed by atoms with Crippen molar-refractivity contribution in [2.75, 3.05) is 12.4 Å². The number of hydrogen-bond donors (Lipinski definition) is 2. The third-order valence-electron chi connectivity index (χ3n) is 4.08. The first-order valence-electron chi connectivity index (χ1n) is 9.08. The van der Waals surface area contributed by atoms with Crippen molar-refractivity contribution in [1.82, 2.24) is 10.2 Å². The number of carbonyl (C=O) groups is 3. The third-order valence-corrected chi connectivity index (χ3v) is 4.08. The van der Waals surface area contributed by atoms with Gasteiger partial charge in [-0.05, 0) is 38.1 Å². The lowest BCUT2D eigenvalue weighted by Crippen LogP contribution is -2.40. The maximum atomic E-state index is 13.8. The minimum Gasteiger partial charge on any atom is -0.493 e. The van der Waals surface area contributed by atoms with Crippen LogP contribution in [0.5, 0.6) is 11.5 Å². The number of carbonyl (C=O) groups excluding carboxylic acids is 3. The molecule has 0 bridgehead atoms. The minimum atomic E-state index is -1.07. The second-order valence-corrected chi connectivity index (χ2v) is 6.58. The van der Waals surface area contributed by atoms with E-state index >= 15 is 0 Å². The zero-order chi connectivity index (χ0) is 21.8. The van der Waals surface area contributed by atoms with Crippen LogP contribution in [0, 0.1) is 5.82 Å². The molecule has 0 atom stereocenters. The van der Waals surface area contributed by atoms with Crippen LogP contribution in [0.4, 0.5) is 19.7 Å². The van der Waals surface area contributed by atoms with E-state index in [0.29, 0.717) is 22.0 Å². The van der Waals surface area contributed by atoms with Crippen LogP contribution in [0.1, 0.15) is 19.4 Å². The highest BCUT2D eigenvalue weighted by Gasteiger charge is 2.39. The molecule has 0 aromatic heterocycles. The Morgan fingerprint density at radius 1 is 1.17 bits per heavy atom. The van der Waals surface area contributed by atoms with Crippen molar-refractivity contribution < 1.29 is 28.2 Å². The third kappa shape index (κ3) is 4.24. The van der Waals surface area contributed by atoms with Gasteiger partial charge in [-0.15, -0.1) is 0 Å². The quantitative estimate of drug-likeness (QED) is 0.575. The lowest BCUT2D eigenvalue weighted by atomic mass is 10.1. The van der Waals surface area contributed by atoms with Gasteiger partial charge in [-0.3, -0.25) is 4.79 Å². The number of amides is 5. The van der Waals surface area contributed by atoms with Gasteiger partial charge in [-0.25, -0.2) is 14.0 Å². The molecule has 1 saturated heterocycles. The van der Waals surface area contributed by atoms with Crippen LogP contribution in [-0.4, -0.2) is 36.1 Å². The van der Waals surface area contributed by atoms with E-state index in [1.54, 1.807) is 18.2 Å². The van der Waals surface area contributed by atoms with Crippen molar-refractivity contribution in [1.29, 1.82) is 0 Å². The number of ether oxygens (including phenoxy) is 2. The Bertz CT molecular complexity index is 1040. The number of benzene rings is 2. The fourth-order valence-corrected chi connectivity index (χ4v) is 2.78. The molecule has 1 aliphatic rings. The van der Waals surface area contributed by atoms with E-state index < -0.39 is 23.8 Å². The van der Waals surface area contributed by atoms with Crippen molar-refractivity contribution in [2.45, 2.75) is 20.0 Å². The summed E-state index contributed by atoms with van der Waals surface area (Å²) in [5, 5.41) is 4.56. The van der Waals surface area contributed by atoms with Gasteiger partial charge >= 0.3 is 12.1 Å². The number of nitrogens with zero attached hydrogens (tertiary/aromatic N) is 1. The SMILES string of the molecule is COc1cccc(C=C2NC(=O)N(C(=O)Nc3ccccc3F)C2=O)c1OC(C)C. The Kier molecular flexibility index (Phi) is 6.01. The predicted molar refractivity (Wildman–Crippen MR) is 108 cm³/mol. The van der Waals surface area contributed by atoms with Crippen LogP contribution in [-0.2, 0) is 4.79 Å². The average Bonchev–Trinajstić information content (AvgIpc) is 2.97. The van der Waals surface area contributed by atoms with Crippen molar-refractivity contribution in [3.05, 3.63) is 59.5 Å². The Morgan fingerprint density at radius 2 is 1.90 bits per heavy atom. The standard InChI is InChI=1S/C21H20FN3O5/c1-12(2)30-18-13(7-6-10-17(18)29-3)11-16-19(26)25(21(28)24-16)20(27)23-15-9-5-4-8-14(15)22/h4-12H,1-3H3,(H,23,27)(H,24,28). The summed E-state index contributed by atoms with van der Waals surface area (Å²) < 4.78 is 24.8. The molecule has 0 aliphatic carbocycles. The first-order chi connectivity index (χ1) is 14.3. The molecule has 0 spiro atoms. The fraction of sp³-hybridized carbons (Fsp3) is 0.190. The van der Waals surface area contributed by atoms with Crippen LogP contribution >= 0.6 is 0 Å². The zero-order valence-corrected chi connectivity index (χ0v) is 16.6. The number of rotatable bonds is 5. The van der Waals surface area contributed by atoms with E-state index in [9.17, 15) is 18.8 Å². The maximum absolute atomic E-state index is 13.8. The molecule has 9 heteroatoms. The molecular formula is C21H20FN3O5. The highest BCUT2D eigenvalue weighted by atomic mass is 19.1. The number of hydrogen-bond acceptors (Lipinski definition) is 5. The topological polar surface area (TPSA) is 97.0 Å². The van der Waals surface area contributed by atoms with Gasteiger partial charge in [0.2, 0.25) is 0 Å². The van der Waals surface area contributed by atoms with E-state index in [4.69, 9.17) is 9.47 Å². The molecule has 1 aliphatic heterocycles. The molecule has 0 unspecified atom stereocenters. The van der Waals surface area contributed by atoms with Gasteiger partial charge in [-0.2, -0.15) is 4.90 Å². The van der Waals surface area contributed by atoms with E-state index in [1.807, 2.05) is 13.8 Å². The summed E-state index contributed by atoms with van der Waals surface area (Å²) in [5.74, 6) is -0.740. The van der Waals surface area contributed by atoms with Gasteiger partial charge in [0.1, 0.15) is 11.5 Å². The number of urea groups is 2. The van der Waals surface area contributed by atoms with Crippen molar-refractivity contribution in [3.8, 4) is 11.5 Å². The van der Waals surface area contributed by atoms with Crippen LogP contribution in [0.25, 0.3) is 6.08 Å². The number of imide groups is 3. The Balaban J connectivity index is 1.88. The van der Waals surface area contributed by atoms with Crippen LogP contribution in [0.2, 0.25) is 0 Å². The van der Waals surface area contributed by atoms with Crippen LogP contribution in [0.15, 0.2) is 48.2 Å². The van der Waals surface area contributed by atoms with Gasteiger partial charge in [-0.1, -0.05) is 24.3 Å². The predicted octanol–water partition coefficient (Wildman–Crippen LogP) is 3.75. The first kappa shape index (κ1) is 20.8. The molecule has 0 radical (unpaired) electrons. The molecule has 0 saturated carbocycles. The zero-order valence-electron chi connectivity index (χ0n) is 16.6. The smallest absolute Gasteiger partial charge is 0.337 e. The van der Waals surface area contributed by atoms with Crippen LogP contribution < -0.4 is 20.1 Å². The lowest BCUT2D eigenvalue weighted by molar-refractivity contribution is -0.120. The summed E-state index contributed by atoms with van der Waals surface area (Å²) >= 11 is 0. The molecule has 1 heterocycles. The summed E-state index contributed by atoms with van der Waals surface area (Å²) in [6, 6.07) is 8.46. The van der Waals surface area contributed by atoms with Crippen molar-refractivity contribution in [3.63, 3.8) is 0 Å². The Morgan fingerprint density at radius 3 is 2.57 bits per heavy atom. The van der Waals surface area contributed by atoms with Gasteiger partial charge in [0, 0.05) is 5.56 Å². The molecule has 3 rings (SSSR count). The summed E-state index contributed by atoms with van der Waals surface area (Å²) in [7, 11) is 1.48. The molecule has 1 fully saturated rings. The van der Waals surface area contributed by atoms with Gasteiger partial charge in [0.15, 0.2) is 11.5 Å². The van der Waals surface area contributed by atoms with E-state index in [2.05, 4.69) is 10.6 Å². The number of anilines is 1. The number of halogens is 1. The molecule has 2 aromatic rings. The second-order valence-electron chi connectivity index (χ2n) is 6.58. The lowest BCUT2D eigenvalue weighted by Gasteiger charge is -2.16. The summed E-state index contributed by atoms with van der Waals surface area (Å²) in [6.07, 6.45) is 1.21. The largest absolute Gasteiger partial charge is 0.493 e. The van der Waals surface area contributed by atoms with Crippen molar-refractivity contribution in [2.24, 2.45) is 0 Å². The van der Waals surface area contributed by atoms with Gasteiger partial charge in [0.05, 0.1) is 18.9 Å². The van der Waals surface area contributed by atoms with E-state index in [1.165, 1.54) is 31.4 Å². The average molecular weight is 413 g/mol. The Labute approximate surface area is 172 Å². The molecule has 5 amide bonds. The highest BCUT2D eigenvalue weighted by Crippen LogP contribution is 2.34. The monoisotopic (exact) mass is 413 g/mol. The normalized spacial score (nSPS) is 14.8. The molecular weight excluding hydrogens is 393 g/mol. The molecule has 156 valence electrons. The number of methoxy groups -OCH3 is 1. The number of para-hydroxylation sites is 2. The fourth-order valence-electron chi connectivity index (χ4n) is 2.78. The molecule has 30 heavy (non-hydrogen) atoms. The second kappa shape index (κ2) is 8.64. The minimum absolute atomic E-state index is 0.134. The van der Waals surface area contributed by atoms with Crippen molar-refractivity contribution >= 4 is 29.7 Å². The summed E-state index contributed by atoms with van der Waals surface area (Å²) in [5.41, 5.74) is 0.189. The first-order valence-corrected chi connectivity index (χ1v) is 9.08. The number of nitrogens with one attached hydrogen (secondary N) is 2. The Hall–Kier alpha value is -3.88. The summed E-state index contributed by atoms with van der Waals surface area (Å²) in [4.78, 5) is 37.7. The highest BCUT2D eigenvalue weighted by molar-refractivity contribution is 6.24. The molecule has 2 N–H and O–H groups in total. The van der Waals surface area contributed by atoms with Gasteiger partial charge in [0.25, 0.3) is 5.91 Å². The molecule has 8 nitrogen and oxygen atoms in total.